The molecule has 1 aromatic carbocycles. The molecule has 3 heterocycles. The molecule has 3 aromatic heterocycles. The monoisotopic (exact) mass is 391 g/mol. The van der Waals surface area contributed by atoms with Crippen LogP contribution in [-0.4, -0.2) is 41.5 Å². The van der Waals surface area contributed by atoms with Gasteiger partial charge >= 0.3 is 0 Å². The van der Waals surface area contributed by atoms with Crippen molar-refractivity contribution in [3.8, 4) is 5.88 Å². The fraction of sp³-hybridized carbons (Fsp3) is 0.250. The van der Waals surface area contributed by atoms with Crippen molar-refractivity contribution < 1.29 is 9.53 Å². The number of nitrogens with zero attached hydrogens (tertiary/aromatic N) is 6. The summed E-state index contributed by atoms with van der Waals surface area (Å²) in [5.74, 6) is 0.304. The van der Waals surface area contributed by atoms with Gasteiger partial charge in [-0.3, -0.25) is 4.79 Å². The van der Waals surface area contributed by atoms with Gasteiger partial charge in [-0.25, -0.2) is 15.0 Å². The SMILES string of the molecule is O=C(Cn1cnc2c(OCc3ccccc3)ncnc21)NCCCn1ccnc1. The normalized spacial score (nSPS) is 10.9. The van der Waals surface area contributed by atoms with E-state index < -0.39 is 0 Å². The molecule has 0 unspecified atom stereocenters. The van der Waals surface area contributed by atoms with Crippen LogP contribution in [0.2, 0.25) is 0 Å². The Balaban J connectivity index is 1.34. The molecular weight excluding hydrogens is 370 g/mol. The molecule has 0 saturated heterocycles. The smallest absolute Gasteiger partial charge is 0.245 e. The van der Waals surface area contributed by atoms with Gasteiger partial charge < -0.3 is 19.2 Å². The number of imidazole rings is 2. The quantitative estimate of drug-likeness (QED) is 0.437. The number of amides is 1. The number of carbonyl (C=O) groups excluding carboxylic acids is 1. The van der Waals surface area contributed by atoms with Gasteiger partial charge in [-0.2, -0.15) is 4.98 Å². The lowest BCUT2D eigenvalue weighted by atomic mass is 10.2. The van der Waals surface area contributed by atoms with E-state index in [1.165, 1.54) is 6.33 Å². The fourth-order valence-electron chi connectivity index (χ4n) is 2.93. The lowest BCUT2D eigenvalue weighted by molar-refractivity contribution is -0.121. The molecule has 4 aromatic rings. The second-order valence-corrected chi connectivity index (χ2v) is 6.50. The summed E-state index contributed by atoms with van der Waals surface area (Å²) in [6, 6.07) is 9.83. The van der Waals surface area contributed by atoms with Gasteiger partial charge in [0.15, 0.2) is 11.2 Å². The minimum absolute atomic E-state index is 0.0969. The van der Waals surface area contributed by atoms with Crippen molar-refractivity contribution in [2.24, 2.45) is 0 Å². The number of fused-ring (bicyclic) bond motifs is 1. The van der Waals surface area contributed by atoms with Crippen molar-refractivity contribution in [1.29, 1.82) is 0 Å². The Morgan fingerprint density at radius 2 is 2.00 bits per heavy atom. The Hall–Kier alpha value is -3.75. The highest BCUT2D eigenvalue weighted by atomic mass is 16.5. The van der Waals surface area contributed by atoms with Gasteiger partial charge in [-0.1, -0.05) is 30.3 Å². The van der Waals surface area contributed by atoms with Crippen LogP contribution < -0.4 is 10.1 Å². The number of carbonyl (C=O) groups is 1. The van der Waals surface area contributed by atoms with Gasteiger partial charge in [0.2, 0.25) is 11.8 Å². The van der Waals surface area contributed by atoms with Crippen molar-refractivity contribution in [3.05, 3.63) is 67.3 Å². The number of aryl methyl sites for hydroxylation is 1. The van der Waals surface area contributed by atoms with E-state index >= 15 is 0 Å². The summed E-state index contributed by atoms with van der Waals surface area (Å²) >= 11 is 0. The summed E-state index contributed by atoms with van der Waals surface area (Å²) in [5, 5.41) is 2.91. The number of nitrogens with one attached hydrogen (secondary N) is 1. The summed E-state index contributed by atoms with van der Waals surface area (Å²) in [5.41, 5.74) is 2.14. The summed E-state index contributed by atoms with van der Waals surface area (Å²) in [7, 11) is 0. The largest absolute Gasteiger partial charge is 0.471 e. The lowest BCUT2D eigenvalue weighted by Gasteiger charge is -2.08. The molecule has 0 bridgehead atoms. The van der Waals surface area contributed by atoms with Gasteiger partial charge in [0.1, 0.15) is 19.5 Å². The van der Waals surface area contributed by atoms with Crippen molar-refractivity contribution in [3.63, 3.8) is 0 Å². The maximum absolute atomic E-state index is 12.3. The first-order valence-corrected chi connectivity index (χ1v) is 9.34. The molecule has 29 heavy (non-hydrogen) atoms. The van der Waals surface area contributed by atoms with Crippen molar-refractivity contribution in [1.82, 2.24) is 34.4 Å². The van der Waals surface area contributed by atoms with Crippen LogP contribution >= 0.6 is 0 Å². The van der Waals surface area contributed by atoms with E-state index in [2.05, 4.69) is 25.3 Å². The van der Waals surface area contributed by atoms with E-state index in [4.69, 9.17) is 4.74 Å². The molecule has 0 radical (unpaired) electrons. The molecule has 1 amide bonds. The standard InChI is InChI=1S/C20H21N7O2/c28-17(22-7-4-9-26-10-8-21-14-26)11-27-15-25-18-19(27)23-13-24-20(18)29-12-16-5-2-1-3-6-16/h1-3,5-6,8,10,13-15H,4,7,9,11-12H2,(H,22,28). The Labute approximate surface area is 167 Å². The topological polar surface area (TPSA) is 99.8 Å². The molecule has 0 atom stereocenters. The summed E-state index contributed by atoms with van der Waals surface area (Å²) in [6.45, 7) is 1.92. The van der Waals surface area contributed by atoms with Gasteiger partial charge in [0.05, 0.1) is 12.7 Å². The highest BCUT2D eigenvalue weighted by Gasteiger charge is 2.13. The highest BCUT2D eigenvalue weighted by Crippen LogP contribution is 2.20. The van der Waals surface area contributed by atoms with E-state index in [1.807, 2.05) is 41.1 Å². The van der Waals surface area contributed by atoms with E-state index in [0.29, 0.717) is 30.2 Å². The van der Waals surface area contributed by atoms with Crippen LogP contribution in [0, 0.1) is 0 Å². The Morgan fingerprint density at radius 1 is 1.10 bits per heavy atom. The van der Waals surface area contributed by atoms with E-state index in [1.54, 1.807) is 23.4 Å². The molecule has 4 rings (SSSR count). The molecule has 0 fully saturated rings. The second kappa shape index (κ2) is 8.96. The molecule has 0 aliphatic heterocycles. The predicted octanol–water partition coefficient (Wildman–Crippen LogP) is 1.81. The summed E-state index contributed by atoms with van der Waals surface area (Å²) in [6.07, 6.45) is 9.23. The molecule has 1 N–H and O–H groups in total. The van der Waals surface area contributed by atoms with Gasteiger partial charge in [0.25, 0.3) is 0 Å². The number of aromatic nitrogens is 6. The van der Waals surface area contributed by atoms with Crippen molar-refractivity contribution >= 4 is 17.1 Å². The first-order valence-electron chi connectivity index (χ1n) is 9.34. The zero-order valence-electron chi connectivity index (χ0n) is 15.8. The third-order valence-corrected chi connectivity index (χ3v) is 4.37. The molecule has 0 aliphatic rings. The first kappa shape index (κ1) is 18.6. The number of rotatable bonds is 9. The number of ether oxygens (including phenoxy) is 1. The van der Waals surface area contributed by atoms with Crippen LogP contribution in [0.3, 0.4) is 0 Å². The molecule has 9 heteroatoms. The third-order valence-electron chi connectivity index (χ3n) is 4.37. The van der Waals surface area contributed by atoms with E-state index in [0.717, 1.165) is 18.5 Å². The molecule has 148 valence electrons. The summed E-state index contributed by atoms with van der Waals surface area (Å²) < 4.78 is 9.47. The van der Waals surface area contributed by atoms with Gasteiger partial charge in [-0.05, 0) is 12.0 Å². The van der Waals surface area contributed by atoms with Crippen molar-refractivity contribution in [2.75, 3.05) is 6.54 Å². The molecule has 0 saturated carbocycles. The predicted molar refractivity (Wildman–Crippen MR) is 106 cm³/mol. The van der Waals surface area contributed by atoms with Crippen LogP contribution in [-0.2, 0) is 24.5 Å². The van der Waals surface area contributed by atoms with Crippen LogP contribution in [0.15, 0.2) is 61.7 Å². The van der Waals surface area contributed by atoms with Crippen LogP contribution in [0.4, 0.5) is 0 Å². The number of benzene rings is 1. The first-order chi connectivity index (χ1) is 14.3. The van der Waals surface area contributed by atoms with Gasteiger partial charge in [0, 0.05) is 25.5 Å². The lowest BCUT2D eigenvalue weighted by Crippen LogP contribution is -2.28. The van der Waals surface area contributed by atoms with Crippen LogP contribution in [0.25, 0.3) is 11.2 Å². The summed E-state index contributed by atoms with van der Waals surface area (Å²) in [4.78, 5) is 29.0. The minimum Gasteiger partial charge on any atom is -0.471 e. The van der Waals surface area contributed by atoms with Gasteiger partial charge in [-0.15, -0.1) is 0 Å². The average Bonchev–Trinajstić information content (AvgIpc) is 3.41. The van der Waals surface area contributed by atoms with Crippen LogP contribution in [0.1, 0.15) is 12.0 Å². The Morgan fingerprint density at radius 3 is 2.83 bits per heavy atom. The molecule has 0 aliphatic carbocycles. The minimum atomic E-state index is -0.0969. The molecule has 9 nitrogen and oxygen atoms in total. The number of hydrogen-bond acceptors (Lipinski definition) is 6. The average molecular weight is 391 g/mol. The molecular formula is C20H21N7O2. The zero-order chi connectivity index (χ0) is 19.9. The maximum Gasteiger partial charge on any atom is 0.245 e. The van der Waals surface area contributed by atoms with E-state index in [9.17, 15) is 4.79 Å². The highest BCUT2D eigenvalue weighted by molar-refractivity contribution is 5.80. The van der Waals surface area contributed by atoms with Crippen molar-refractivity contribution in [2.45, 2.75) is 26.1 Å². The second-order valence-electron chi connectivity index (χ2n) is 6.50. The third kappa shape index (κ3) is 4.75. The maximum atomic E-state index is 12.3. The Kier molecular flexibility index (Phi) is 5.75. The molecule has 0 spiro atoms. The van der Waals surface area contributed by atoms with Crippen LogP contribution in [0.5, 0.6) is 5.88 Å². The zero-order valence-corrected chi connectivity index (χ0v) is 15.8. The number of hydrogen-bond donors (Lipinski definition) is 1. The Bertz CT molecular complexity index is 1060. The van der Waals surface area contributed by atoms with E-state index in [-0.39, 0.29) is 12.5 Å². The fourth-order valence-corrected chi connectivity index (χ4v) is 2.93.